The summed E-state index contributed by atoms with van der Waals surface area (Å²) in [7, 11) is 0. The standard InChI is InChI=1S/C20H29ClN4O2.ClH/c1-14-6-7-16(10-17(14)21)24-19(26)13-25-9-3-4-15(12-25)11-23-20(27)18-5-2-8-22-18;/h6-7,10,15,18,22H,2-5,8-9,11-13H2,1H3,(H,23,27)(H,24,26);1H. The third-order valence-corrected chi connectivity index (χ3v) is 5.77. The molecule has 3 N–H and O–H groups in total. The Bertz CT molecular complexity index is 680. The first-order chi connectivity index (χ1) is 13.0. The molecule has 2 amide bonds. The minimum absolute atomic E-state index is 0. The monoisotopic (exact) mass is 428 g/mol. The van der Waals surface area contributed by atoms with Crippen molar-refractivity contribution in [2.45, 2.75) is 38.6 Å². The minimum Gasteiger partial charge on any atom is -0.354 e. The first-order valence-corrected chi connectivity index (χ1v) is 10.2. The average Bonchev–Trinajstić information content (AvgIpc) is 3.18. The molecule has 0 radical (unpaired) electrons. The average molecular weight is 429 g/mol. The number of nitrogens with one attached hydrogen (secondary N) is 3. The van der Waals surface area contributed by atoms with Gasteiger partial charge in [0.05, 0.1) is 12.6 Å². The van der Waals surface area contributed by atoms with Crippen LogP contribution in [-0.4, -0.2) is 55.5 Å². The second-order valence-electron chi connectivity index (χ2n) is 7.65. The number of nitrogens with zero attached hydrogens (tertiary/aromatic N) is 1. The number of likely N-dealkylation sites (tertiary alicyclic amines) is 1. The van der Waals surface area contributed by atoms with E-state index in [9.17, 15) is 9.59 Å². The van der Waals surface area contributed by atoms with Crippen LogP contribution >= 0.6 is 24.0 Å². The molecule has 2 heterocycles. The number of carbonyl (C=O) groups excluding carboxylic acids is 2. The first kappa shape index (κ1) is 22.9. The zero-order valence-corrected chi connectivity index (χ0v) is 17.9. The van der Waals surface area contributed by atoms with Gasteiger partial charge in [-0.15, -0.1) is 12.4 Å². The molecule has 8 heteroatoms. The van der Waals surface area contributed by atoms with Crippen LogP contribution in [-0.2, 0) is 9.59 Å². The van der Waals surface area contributed by atoms with E-state index in [2.05, 4.69) is 20.9 Å². The Labute approximate surface area is 178 Å². The molecule has 3 rings (SSSR count). The second-order valence-corrected chi connectivity index (χ2v) is 8.06. The number of anilines is 1. The number of rotatable bonds is 6. The second kappa shape index (κ2) is 11.0. The summed E-state index contributed by atoms with van der Waals surface area (Å²) in [5.74, 6) is 0.471. The molecule has 0 saturated carbocycles. The van der Waals surface area contributed by atoms with Crippen LogP contribution in [0.25, 0.3) is 0 Å². The molecule has 28 heavy (non-hydrogen) atoms. The highest BCUT2D eigenvalue weighted by Crippen LogP contribution is 2.20. The molecule has 0 aromatic heterocycles. The molecule has 156 valence electrons. The van der Waals surface area contributed by atoms with Gasteiger partial charge in [-0.25, -0.2) is 0 Å². The highest BCUT2D eigenvalue weighted by atomic mass is 35.5. The van der Waals surface area contributed by atoms with Crippen molar-refractivity contribution in [1.82, 2.24) is 15.5 Å². The molecule has 1 aromatic carbocycles. The normalized spacial score (nSPS) is 22.4. The van der Waals surface area contributed by atoms with Crippen molar-refractivity contribution in [2.24, 2.45) is 5.92 Å². The Morgan fingerprint density at radius 3 is 2.82 bits per heavy atom. The number of halogens is 2. The van der Waals surface area contributed by atoms with Crippen LogP contribution in [0.1, 0.15) is 31.2 Å². The van der Waals surface area contributed by atoms with Crippen LogP contribution in [0.5, 0.6) is 0 Å². The number of aryl methyl sites for hydroxylation is 1. The number of amides is 2. The molecule has 2 aliphatic heterocycles. The van der Waals surface area contributed by atoms with E-state index in [0.717, 1.165) is 56.6 Å². The summed E-state index contributed by atoms with van der Waals surface area (Å²) >= 11 is 6.11. The molecule has 0 spiro atoms. The molecule has 2 aliphatic rings. The lowest BCUT2D eigenvalue weighted by Crippen LogP contribution is -2.46. The van der Waals surface area contributed by atoms with Gasteiger partial charge in [0.2, 0.25) is 11.8 Å². The van der Waals surface area contributed by atoms with Gasteiger partial charge in [-0.1, -0.05) is 17.7 Å². The fourth-order valence-corrected chi connectivity index (χ4v) is 3.99. The van der Waals surface area contributed by atoms with E-state index in [1.165, 1.54) is 0 Å². The van der Waals surface area contributed by atoms with Gasteiger partial charge < -0.3 is 16.0 Å². The van der Waals surface area contributed by atoms with Gasteiger partial charge in [0.15, 0.2) is 0 Å². The zero-order valence-electron chi connectivity index (χ0n) is 16.3. The van der Waals surface area contributed by atoms with Crippen molar-refractivity contribution in [3.05, 3.63) is 28.8 Å². The van der Waals surface area contributed by atoms with Crippen LogP contribution in [0.2, 0.25) is 5.02 Å². The molecule has 0 aliphatic carbocycles. The summed E-state index contributed by atoms with van der Waals surface area (Å²) in [5, 5.41) is 9.87. The highest BCUT2D eigenvalue weighted by Gasteiger charge is 2.25. The van der Waals surface area contributed by atoms with E-state index >= 15 is 0 Å². The predicted octanol–water partition coefficient (Wildman–Crippen LogP) is 2.59. The van der Waals surface area contributed by atoms with E-state index in [0.29, 0.717) is 24.0 Å². The van der Waals surface area contributed by atoms with Crippen LogP contribution in [0, 0.1) is 12.8 Å². The largest absolute Gasteiger partial charge is 0.354 e. The molecule has 2 saturated heterocycles. The smallest absolute Gasteiger partial charge is 0.238 e. The van der Waals surface area contributed by atoms with Gasteiger partial charge in [0, 0.05) is 23.8 Å². The fourth-order valence-electron chi connectivity index (χ4n) is 3.81. The van der Waals surface area contributed by atoms with Crippen molar-refractivity contribution < 1.29 is 9.59 Å². The van der Waals surface area contributed by atoms with Gasteiger partial charge in [0.25, 0.3) is 0 Å². The molecule has 2 atom stereocenters. The lowest BCUT2D eigenvalue weighted by molar-refractivity contribution is -0.123. The number of carbonyl (C=O) groups is 2. The topological polar surface area (TPSA) is 73.5 Å². The quantitative estimate of drug-likeness (QED) is 0.650. The lowest BCUT2D eigenvalue weighted by atomic mass is 9.98. The lowest BCUT2D eigenvalue weighted by Gasteiger charge is -2.32. The number of hydrogen-bond donors (Lipinski definition) is 3. The summed E-state index contributed by atoms with van der Waals surface area (Å²) in [5.41, 5.74) is 1.71. The fraction of sp³-hybridized carbons (Fsp3) is 0.600. The molecule has 1 aromatic rings. The van der Waals surface area contributed by atoms with E-state index in [1.807, 2.05) is 19.1 Å². The molecular weight excluding hydrogens is 399 g/mol. The Morgan fingerprint density at radius 1 is 1.29 bits per heavy atom. The van der Waals surface area contributed by atoms with Gasteiger partial charge >= 0.3 is 0 Å². The van der Waals surface area contributed by atoms with E-state index in [4.69, 9.17) is 11.6 Å². The van der Waals surface area contributed by atoms with Crippen molar-refractivity contribution in [1.29, 1.82) is 0 Å². The van der Waals surface area contributed by atoms with Crippen LogP contribution < -0.4 is 16.0 Å². The minimum atomic E-state index is -0.0326. The number of benzene rings is 1. The summed E-state index contributed by atoms with van der Waals surface area (Å²) in [6.07, 6.45) is 4.12. The molecule has 6 nitrogen and oxygen atoms in total. The summed E-state index contributed by atoms with van der Waals surface area (Å²) in [6, 6.07) is 5.51. The van der Waals surface area contributed by atoms with Crippen molar-refractivity contribution in [3.63, 3.8) is 0 Å². The maximum Gasteiger partial charge on any atom is 0.238 e. The number of hydrogen-bond acceptors (Lipinski definition) is 4. The van der Waals surface area contributed by atoms with E-state index < -0.39 is 0 Å². The first-order valence-electron chi connectivity index (χ1n) is 9.80. The maximum atomic E-state index is 12.3. The zero-order chi connectivity index (χ0) is 19.2. The highest BCUT2D eigenvalue weighted by molar-refractivity contribution is 6.31. The molecule has 0 bridgehead atoms. The third-order valence-electron chi connectivity index (χ3n) is 5.37. The molecule has 2 fully saturated rings. The third kappa shape index (κ3) is 6.62. The summed E-state index contributed by atoms with van der Waals surface area (Å²) in [4.78, 5) is 26.7. The summed E-state index contributed by atoms with van der Waals surface area (Å²) < 4.78 is 0. The Hall–Kier alpha value is -1.34. The van der Waals surface area contributed by atoms with Gasteiger partial charge in [-0.3, -0.25) is 14.5 Å². The number of piperidine rings is 1. The molecule has 2 unspecified atom stereocenters. The summed E-state index contributed by atoms with van der Waals surface area (Å²) in [6.45, 7) is 5.65. The van der Waals surface area contributed by atoms with Crippen molar-refractivity contribution >= 4 is 41.5 Å². The van der Waals surface area contributed by atoms with Crippen LogP contribution in [0.15, 0.2) is 18.2 Å². The Balaban J connectivity index is 0.00000280. The molecular formula is C20H30Cl2N4O2. The Kier molecular flexibility index (Phi) is 9.02. The predicted molar refractivity (Wildman–Crippen MR) is 115 cm³/mol. The van der Waals surface area contributed by atoms with E-state index in [-0.39, 0.29) is 30.3 Å². The van der Waals surface area contributed by atoms with Crippen molar-refractivity contribution in [2.75, 3.05) is 38.0 Å². The van der Waals surface area contributed by atoms with Gasteiger partial charge in [-0.05, 0) is 69.3 Å². The SMILES string of the molecule is Cc1ccc(NC(=O)CN2CCCC(CNC(=O)C3CCCN3)C2)cc1Cl.Cl. The van der Waals surface area contributed by atoms with Crippen LogP contribution in [0.3, 0.4) is 0 Å². The van der Waals surface area contributed by atoms with Crippen LogP contribution in [0.4, 0.5) is 5.69 Å². The maximum absolute atomic E-state index is 12.3. The van der Waals surface area contributed by atoms with E-state index in [1.54, 1.807) is 6.07 Å². The van der Waals surface area contributed by atoms with Crippen molar-refractivity contribution in [3.8, 4) is 0 Å². The van der Waals surface area contributed by atoms with Gasteiger partial charge in [-0.2, -0.15) is 0 Å². The van der Waals surface area contributed by atoms with Gasteiger partial charge in [0.1, 0.15) is 0 Å². The Morgan fingerprint density at radius 2 is 2.11 bits per heavy atom.